The van der Waals surface area contributed by atoms with Crippen LogP contribution in [0.4, 0.5) is 0 Å². The number of rotatable bonds is 9. The summed E-state index contributed by atoms with van der Waals surface area (Å²) in [5.41, 5.74) is 3.19. The van der Waals surface area contributed by atoms with Crippen LogP contribution in [-0.4, -0.2) is 41.9 Å². The molecule has 0 bridgehead atoms. The Morgan fingerprint density at radius 3 is 1.30 bits per heavy atom. The minimum Gasteiger partial charge on any atom is -0.455 e. The van der Waals surface area contributed by atoms with Crippen molar-refractivity contribution in [2.75, 3.05) is 0 Å². The Kier molecular flexibility index (Phi) is 8.44. The van der Waals surface area contributed by atoms with E-state index in [0.29, 0.717) is 22.8 Å². The lowest BCUT2D eigenvalue weighted by atomic mass is 10.2. The van der Waals surface area contributed by atoms with Crippen LogP contribution in [0.3, 0.4) is 0 Å². The lowest BCUT2D eigenvalue weighted by Gasteiger charge is -2.11. The molecule has 6 rings (SSSR count). The van der Waals surface area contributed by atoms with Crippen LogP contribution in [0.1, 0.15) is 32.1 Å². The summed E-state index contributed by atoms with van der Waals surface area (Å²) in [7, 11) is 0. The maximum atomic E-state index is 13.0. The Hall–Kier alpha value is -5.32. The maximum Gasteiger partial charge on any atom is 0.340 e. The van der Waals surface area contributed by atoms with E-state index in [9.17, 15) is 9.59 Å². The van der Waals surface area contributed by atoms with Crippen LogP contribution < -0.4 is 0 Å². The molecule has 2 heterocycles. The third kappa shape index (κ3) is 5.94. The van der Waals surface area contributed by atoms with Crippen LogP contribution in [0.15, 0.2) is 109 Å². The molecule has 0 N–H and O–H groups in total. The zero-order chi connectivity index (χ0) is 30.5. The van der Waals surface area contributed by atoms with E-state index < -0.39 is 11.9 Å². The second kappa shape index (κ2) is 12.9. The molecular weight excluding hydrogens is 603 g/mol. The number of para-hydroxylation sites is 2. The van der Waals surface area contributed by atoms with Gasteiger partial charge < -0.3 is 9.47 Å². The Morgan fingerprint density at radius 2 is 0.909 bits per heavy atom. The van der Waals surface area contributed by atoms with E-state index in [1.807, 2.05) is 60.7 Å². The van der Waals surface area contributed by atoms with Crippen molar-refractivity contribution in [1.29, 1.82) is 0 Å². The zero-order valence-electron chi connectivity index (χ0n) is 22.9. The van der Waals surface area contributed by atoms with Crippen LogP contribution in [-0.2, 0) is 22.7 Å². The Bertz CT molecular complexity index is 1800. The number of ether oxygens (including phenoxy) is 2. The van der Waals surface area contributed by atoms with Crippen LogP contribution in [0.2, 0.25) is 10.0 Å². The topological polar surface area (TPSA) is 114 Å². The first-order valence-corrected chi connectivity index (χ1v) is 14.1. The summed E-state index contributed by atoms with van der Waals surface area (Å²) >= 11 is 12.5. The van der Waals surface area contributed by atoms with Gasteiger partial charge in [-0.1, -0.05) is 94.3 Å². The molecule has 0 saturated carbocycles. The van der Waals surface area contributed by atoms with E-state index in [2.05, 4.69) is 20.6 Å². The molecule has 2 aromatic heterocycles. The molecule has 44 heavy (non-hydrogen) atoms. The van der Waals surface area contributed by atoms with Crippen LogP contribution in [0.25, 0.3) is 22.8 Å². The molecule has 0 atom stereocenters. The van der Waals surface area contributed by atoms with Crippen LogP contribution in [0.5, 0.6) is 0 Å². The smallest absolute Gasteiger partial charge is 0.340 e. The summed E-state index contributed by atoms with van der Waals surface area (Å²) in [6.45, 7) is -0.448. The summed E-state index contributed by atoms with van der Waals surface area (Å²) in [5, 5.41) is 18.1. The van der Waals surface area contributed by atoms with Gasteiger partial charge in [-0.15, -0.1) is 10.2 Å². The number of aromatic nitrogens is 6. The van der Waals surface area contributed by atoms with Gasteiger partial charge in [-0.25, -0.2) is 19.0 Å². The molecule has 10 nitrogen and oxygen atoms in total. The fraction of sp³-hybridized carbons (Fsp3) is 0.0625. The van der Waals surface area contributed by atoms with Gasteiger partial charge in [-0.2, -0.15) is 0 Å². The number of benzene rings is 4. The number of hydrogen-bond acceptors (Lipinski definition) is 8. The number of carbonyl (C=O) groups excluding carboxylic acids is 2. The monoisotopic (exact) mass is 624 g/mol. The molecule has 6 aromatic rings. The summed E-state index contributed by atoms with van der Waals surface area (Å²) < 4.78 is 14.5. The SMILES string of the molecule is O=C(OCc1c(-c2nnn(-c3ccccc3)c2COC(=O)c2ccccc2Cl)nnn1-c1ccccc1)c1ccccc1Cl. The summed E-state index contributed by atoms with van der Waals surface area (Å²) in [6, 6.07) is 31.7. The molecule has 0 unspecified atom stereocenters. The van der Waals surface area contributed by atoms with Crippen molar-refractivity contribution in [2.45, 2.75) is 13.2 Å². The van der Waals surface area contributed by atoms with Crippen molar-refractivity contribution < 1.29 is 19.1 Å². The van der Waals surface area contributed by atoms with Gasteiger partial charge >= 0.3 is 11.9 Å². The van der Waals surface area contributed by atoms with E-state index >= 15 is 0 Å². The van der Waals surface area contributed by atoms with Crippen molar-refractivity contribution >= 4 is 35.1 Å². The normalized spacial score (nSPS) is 10.9. The fourth-order valence-electron chi connectivity index (χ4n) is 4.46. The highest BCUT2D eigenvalue weighted by Gasteiger charge is 2.27. The number of esters is 2. The third-order valence-corrected chi connectivity index (χ3v) is 7.28. The summed E-state index contributed by atoms with van der Waals surface area (Å²) in [4.78, 5) is 26.0. The molecule has 218 valence electrons. The van der Waals surface area contributed by atoms with Gasteiger partial charge in [0.15, 0.2) is 0 Å². The maximum absolute atomic E-state index is 13.0. The highest BCUT2D eigenvalue weighted by molar-refractivity contribution is 6.34. The van der Waals surface area contributed by atoms with Gasteiger partial charge in [0.1, 0.15) is 36.0 Å². The van der Waals surface area contributed by atoms with E-state index in [4.69, 9.17) is 32.7 Å². The first kappa shape index (κ1) is 28.8. The number of carbonyl (C=O) groups is 2. The Labute approximate surface area is 261 Å². The zero-order valence-corrected chi connectivity index (χ0v) is 24.4. The molecule has 0 aliphatic heterocycles. The second-order valence-corrected chi connectivity index (χ2v) is 10.2. The minimum absolute atomic E-state index is 0.219. The van der Waals surface area contributed by atoms with Crippen LogP contribution >= 0.6 is 23.2 Å². The molecule has 0 aliphatic rings. The van der Waals surface area contributed by atoms with Gasteiger partial charge in [-0.05, 0) is 48.5 Å². The largest absolute Gasteiger partial charge is 0.455 e. The number of nitrogens with zero attached hydrogens (tertiary/aromatic N) is 6. The average molecular weight is 625 g/mol. The first-order valence-electron chi connectivity index (χ1n) is 13.3. The molecule has 0 aliphatic carbocycles. The molecule has 0 radical (unpaired) electrons. The number of hydrogen-bond donors (Lipinski definition) is 0. The fourth-order valence-corrected chi connectivity index (χ4v) is 4.89. The predicted octanol–water partition coefficient (Wildman–Crippen LogP) is 6.54. The van der Waals surface area contributed by atoms with Gasteiger partial charge in [-0.3, -0.25) is 0 Å². The molecule has 12 heteroatoms. The minimum atomic E-state index is -0.621. The molecule has 0 saturated heterocycles. The van der Waals surface area contributed by atoms with Crippen molar-refractivity contribution in [1.82, 2.24) is 30.0 Å². The number of halogens is 2. The first-order chi connectivity index (χ1) is 21.5. The highest BCUT2D eigenvalue weighted by Crippen LogP contribution is 2.29. The third-order valence-electron chi connectivity index (χ3n) is 6.62. The predicted molar refractivity (Wildman–Crippen MR) is 163 cm³/mol. The van der Waals surface area contributed by atoms with Gasteiger partial charge in [0.2, 0.25) is 0 Å². The second-order valence-electron chi connectivity index (χ2n) is 9.38. The van der Waals surface area contributed by atoms with Crippen molar-refractivity contribution in [3.63, 3.8) is 0 Å². The quantitative estimate of drug-likeness (QED) is 0.167. The molecular formula is C32H22Cl2N6O4. The van der Waals surface area contributed by atoms with Crippen molar-refractivity contribution in [2.24, 2.45) is 0 Å². The highest BCUT2D eigenvalue weighted by atomic mass is 35.5. The van der Waals surface area contributed by atoms with E-state index in [1.54, 1.807) is 57.9 Å². The van der Waals surface area contributed by atoms with Gasteiger partial charge in [0.05, 0.1) is 32.5 Å². The molecule has 0 fully saturated rings. The summed E-state index contributed by atoms with van der Waals surface area (Å²) in [5.74, 6) is -1.24. The lowest BCUT2D eigenvalue weighted by Crippen LogP contribution is -2.12. The summed E-state index contributed by atoms with van der Waals surface area (Å²) in [6.07, 6.45) is 0. The van der Waals surface area contributed by atoms with Crippen molar-refractivity contribution in [3.8, 4) is 22.8 Å². The standard InChI is InChI=1S/C32H22Cl2N6O4/c33-25-17-9-7-15-23(25)31(41)43-19-27-29(35-37-39(27)21-11-3-1-4-12-21)30-28(40(38-36-30)22-13-5-2-6-14-22)20-44-32(42)24-16-8-10-18-26(24)34/h1-18H,19-20H2. The Morgan fingerprint density at radius 1 is 0.545 bits per heavy atom. The molecule has 0 amide bonds. The van der Waals surface area contributed by atoms with E-state index in [1.165, 1.54) is 0 Å². The van der Waals surface area contributed by atoms with Crippen molar-refractivity contribution in [3.05, 3.63) is 142 Å². The van der Waals surface area contributed by atoms with E-state index in [-0.39, 0.29) is 45.8 Å². The lowest BCUT2D eigenvalue weighted by molar-refractivity contribution is 0.0455. The molecule has 0 spiro atoms. The van der Waals surface area contributed by atoms with Crippen LogP contribution in [0, 0.1) is 0 Å². The molecule has 4 aromatic carbocycles. The Balaban J connectivity index is 1.41. The van der Waals surface area contributed by atoms with Gasteiger partial charge in [0, 0.05) is 0 Å². The van der Waals surface area contributed by atoms with E-state index in [0.717, 1.165) is 0 Å². The average Bonchev–Trinajstić information content (AvgIpc) is 3.67. The van der Waals surface area contributed by atoms with Gasteiger partial charge in [0.25, 0.3) is 0 Å².